The molecule has 0 bridgehead atoms. The van der Waals surface area contributed by atoms with Gasteiger partial charge < -0.3 is 19.8 Å². The second-order valence-electron chi connectivity index (χ2n) is 6.52. The summed E-state index contributed by atoms with van der Waals surface area (Å²) in [4.78, 5) is 8.47. The van der Waals surface area contributed by atoms with Gasteiger partial charge in [-0.3, -0.25) is 4.99 Å². The highest BCUT2D eigenvalue weighted by molar-refractivity contribution is 9.10. The average Bonchev–Trinajstić information content (AvgIpc) is 3.05. The smallest absolute Gasteiger partial charge is 0.213 e. The molecule has 25 heavy (non-hydrogen) atoms. The Hall–Kier alpha value is -2.02. The fourth-order valence-electron chi connectivity index (χ4n) is 1.99. The van der Waals surface area contributed by atoms with Crippen molar-refractivity contribution in [3.63, 3.8) is 0 Å². The van der Waals surface area contributed by atoms with Crippen molar-refractivity contribution >= 4 is 21.9 Å². The summed E-state index contributed by atoms with van der Waals surface area (Å²) in [5, 5.41) is 6.37. The van der Waals surface area contributed by atoms with E-state index >= 15 is 0 Å². The van der Waals surface area contributed by atoms with Gasteiger partial charge >= 0.3 is 0 Å². The van der Waals surface area contributed by atoms with E-state index in [2.05, 4.69) is 57.3 Å². The van der Waals surface area contributed by atoms with Crippen LogP contribution in [0.25, 0.3) is 0 Å². The number of benzene rings is 1. The molecule has 0 fully saturated rings. The molecule has 0 atom stereocenters. The van der Waals surface area contributed by atoms with Gasteiger partial charge in [-0.05, 0) is 24.3 Å². The maximum absolute atomic E-state index is 5.75. The second kappa shape index (κ2) is 8.89. The fraction of sp³-hybridized carbons (Fsp3) is 0.444. The molecule has 2 aromatic rings. The van der Waals surface area contributed by atoms with E-state index in [-0.39, 0.29) is 5.41 Å². The van der Waals surface area contributed by atoms with Gasteiger partial charge in [0.2, 0.25) is 5.89 Å². The number of oxazole rings is 1. The van der Waals surface area contributed by atoms with E-state index in [1.165, 1.54) is 0 Å². The molecule has 0 amide bonds. The van der Waals surface area contributed by atoms with Crippen LogP contribution >= 0.6 is 15.9 Å². The summed E-state index contributed by atoms with van der Waals surface area (Å²) in [5.41, 5.74) is -0.0461. The van der Waals surface area contributed by atoms with Gasteiger partial charge in [0.25, 0.3) is 0 Å². The number of hydrogen-bond acceptors (Lipinski definition) is 4. The molecule has 1 aromatic heterocycles. The molecule has 2 rings (SSSR count). The third-order valence-electron chi connectivity index (χ3n) is 3.40. The zero-order valence-electron chi connectivity index (χ0n) is 15.1. The van der Waals surface area contributed by atoms with Gasteiger partial charge in [0.1, 0.15) is 18.1 Å². The first kappa shape index (κ1) is 19.3. The van der Waals surface area contributed by atoms with Crippen LogP contribution in [0.1, 0.15) is 32.4 Å². The van der Waals surface area contributed by atoms with E-state index < -0.39 is 0 Å². The highest BCUT2D eigenvalue weighted by Crippen LogP contribution is 2.22. The summed E-state index contributed by atoms with van der Waals surface area (Å²) in [6.07, 6.45) is 1.78. The lowest BCUT2D eigenvalue weighted by Crippen LogP contribution is -2.38. The minimum absolute atomic E-state index is 0.0461. The van der Waals surface area contributed by atoms with Crippen LogP contribution in [0.3, 0.4) is 0 Å². The Morgan fingerprint density at radius 2 is 1.96 bits per heavy atom. The number of nitrogens with zero attached hydrogens (tertiary/aromatic N) is 2. The van der Waals surface area contributed by atoms with Gasteiger partial charge in [-0.15, -0.1) is 0 Å². The molecule has 136 valence electrons. The summed E-state index contributed by atoms with van der Waals surface area (Å²) < 4.78 is 12.4. The lowest BCUT2D eigenvalue weighted by Gasteiger charge is -2.13. The van der Waals surface area contributed by atoms with E-state index in [4.69, 9.17) is 9.15 Å². The van der Waals surface area contributed by atoms with Crippen molar-refractivity contribution in [3.05, 3.63) is 46.6 Å². The first-order valence-corrected chi connectivity index (χ1v) is 8.96. The average molecular weight is 409 g/mol. The number of guanidine groups is 1. The first-order chi connectivity index (χ1) is 11.9. The summed E-state index contributed by atoms with van der Waals surface area (Å²) in [5.74, 6) is 3.02. The molecule has 0 unspecified atom stereocenters. The quantitative estimate of drug-likeness (QED) is 0.434. The first-order valence-electron chi connectivity index (χ1n) is 8.16. The Kier molecular flexibility index (Phi) is 6.87. The van der Waals surface area contributed by atoms with Crippen LogP contribution in [0.4, 0.5) is 0 Å². The third kappa shape index (κ3) is 6.42. The zero-order valence-corrected chi connectivity index (χ0v) is 16.7. The van der Waals surface area contributed by atoms with Crippen LogP contribution in [-0.2, 0) is 12.0 Å². The molecule has 0 radical (unpaired) electrons. The molecule has 1 aromatic carbocycles. The number of aliphatic imine (C=N–C) groups is 1. The van der Waals surface area contributed by atoms with Crippen molar-refractivity contribution < 1.29 is 9.15 Å². The monoisotopic (exact) mass is 408 g/mol. The van der Waals surface area contributed by atoms with Gasteiger partial charge in [-0.25, -0.2) is 4.98 Å². The molecule has 0 aliphatic carbocycles. The van der Waals surface area contributed by atoms with E-state index in [9.17, 15) is 0 Å². The predicted molar refractivity (Wildman–Crippen MR) is 103 cm³/mol. The number of halogens is 1. The largest absolute Gasteiger partial charge is 0.492 e. The Morgan fingerprint density at radius 1 is 1.24 bits per heavy atom. The topological polar surface area (TPSA) is 71.7 Å². The van der Waals surface area contributed by atoms with E-state index in [0.717, 1.165) is 16.0 Å². The Labute approximate surface area is 157 Å². The maximum atomic E-state index is 5.75. The molecular formula is C18H25BrN4O2. The molecule has 0 spiro atoms. The molecule has 0 aliphatic heterocycles. The summed E-state index contributed by atoms with van der Waals surface area (Å²) in [6.45, 7) is 7.93. The Morgan fingerprint density at radius 3 is 2.56 bits per heavy atom. The van der Waals surface area contributed by atoms with Crippen molar-refractivity contribution in [1.82, 2.24) is 15.6 Å². The van der Waals surface area contributed by atoms with Gasteiger partial charge in [0, 0.05) is 16.9 Å². The van der Waals surface area contributed by atoms with Crippen LogP contribution in [-0.4, -0.2) is 31.1 Å². The molecule has 0 saturated carbocycles. The van der Waals surface area contributed by atoms with Gasteiger partial charge in [-0.1, -0.05) is 36.7 Å². The lowest BCUT2D eigenvalue weighted by atomic mass is 9.94. The van der Waals surface area contributed by atoms with Crippen LogP contribution < -0.4 is 15.4 Å². The molecule has 6 nitrogen and oxygen atoms in total. The summed E-state index contributed by atoms with van der Waals surface area (Å²) in [6, 6.07) is 7.75. The number of hydrogen-bond donors (Lipinski definition) is 2. The highest BCUT2D eigenvalue weighted by atomic mass is 79.9. The van der Waals surface area contributed by atoms with Crippen LogP contribution in [0, 0.1) is 0 Å². The highest BCUT2D eigenvalue weighted by Gasteiger charge is 2.19. The maximum Gasteiger partial charge on any atom is 0.213 e. The summed E-state index contributed by atoms with van der Waals surface area (Å²) >= 11 is 3.40. The predicted octanol–water partition coefficient (Wildman–Crippen LogP) is 3.48. The fourth-order valence-corrected chi connectivity index (χ4v) is 2.25. The molecule has 0 aliphatic rings. The SMILES string of the molecule is CN=C(NCCOc1ccc(Br)cc1)NCc1ncc(C(C)(C)C)o1. The number of ether oxygens (including phenoxy) is 1. The minimum Gasteiger partial charge on any atom is -0.492 e. The van der Waals surface area contributed by atoms with Crippen molar-refractivity contribution in [2.75, 3.05) is 20.2 Å². The minimum atomic E-state index is -0.0461. The molecule has 1 heterocycles. The van der Waals surface area contributed by atoms with Gasteiger partial charge in [0.05, 0.1) is 19.3 Å². The number of rotatable bonds is 6. The second-order valence-corrected chi connectivity index (χ2v) is 7.44. The molecular weight excluding hydrogens is 384 g/mol. The van der Waals surface area contributed by atoms with Crippen molar-refractivity contribution in [2.45, 2.75) is 32.7 Å². The van der Waals surface area contributed by atoms with E-state index in [1.807, 2.05) is 24.3 Å². The van der Waals surface area contributed by atoms with Crippen LogP contribution in [0.2, 0.25) is 0 Å². The van der Waals surface area contributed by atoms with Crippen molar-refractivity contribution in [2.24, 2.45) is 4.99 Å². The van der Waals surface area contributed by atoms with Crippen molar-refractivity contribution in [1.29, 1.82) is 0 Å². The van der Waals surface area contributed by atoms with Crippen molar-refractivity contribution in [3.8, 4) is 5.75 Å². The standard InChI is InChI=1S/C18H25BrN4O2/c1-18(2,3)15-11-22-16(25-15)12-23-17(20-4)21-9-10-24-14-7-5-13(19)6-8-14/h5-8,11H,9-10,12H2,1-4H3,(H2,20,21,23). The number of aromatic nitrogens is 1. The normalized spacial score (nSPS) is 12.1. The summed E-state index contributed by atoms with van der Waals surface area (Å²) in [7, 11) is 1.72. The van der Waals surface area contributed by atoms with Crippen LogP contribution in [0.15, 0.2) is 44.3 Å². The molecule has 2 N–H and O–H groups in total. The van der Waals surface area contributed by atoms with Gasteiger partial charge in [-0.2, -0.15) is 0 Å². The van der Waals surface area contributed by atoms with E-state index in [0.29, 0.717) is 31.5 Å². The number of nitrogens with one attached hydrogen (secondary N) is 2. The van der Waals surface area contributed by atoms with E-state index in [1.54, 1.807) is 13.2 Å². The molecule has 7 heteroatoms. The Balaban J connectivity index is 1.72. The Bertz CT molecular complexity index is 690. The molecule has 0 saturated heterocycles. The third-order valence-corrected chi connectivity index (χ3v) is 3.93. The van der Waals surface area contributed by atoms with Crippen LogP contribution in [0.5, 0.6) is 5.75 Å². The van der Waals surface area contributed by atoms with Gasteiger partial charge in [0.15, 0.2) is 5.96 Å². The lowest BCUT2D eigenvalue weighted by molar-refractivity contribution is 0.321. The zero-order chi connectivity index (χ0) is 18.3.